The second-order valence-corrected chi connectivity index (χ2v) is 3.23. The van der Waals surface area contributed by atoms with Gasteiger partial charge in [-0.25, -0.2) is 4.74 Å². The first-order chi connectivity index (χ1) is 5.34. The van der Waals surface area contributed by atoms with Crippen molar-refractivity contribution >= 4 is 5.71 Å². The number of unbranched alkanes of at least 4 members (excludes halogenated alkanes) is 1. The molecule has 64 valence electrons. The van der Waals surface area contributed by atoms with E-state index in [-0.39, 0.29) is 0 Å². The predicted molar refractivity (Wildman–Crippen MR) is 46.9 cm³/mol. The average molecular weight is 155 g/mol. The molecule has 1 heterocycles. The standard InChI is InChI=1S/C9H17NO/c1-2-3-6-9-7-4-5-8-10(9)11/h2-8H2,1H3. The third-order valence-corrected chi connectivity index (χ3v) is 2.25. The number of nitrogens with zero attached hydrogens (tertiary/aromatic N) is 1. The second kappa shape index (κ2) is 4.37. The largest absolute Gasteiger partial charge is 0.624 e. The third kappa shape index (κ3) is 2.52. The van der Waals surface area contributed by atoms with E-state index >= 15 is 0 Å². The van der Waals surface area contributed by atoms with E-state index in [1.165, 1.54) is 24.0 Å². The van der Waals surface area contributed by atoms with Crippen molar-refractivity contribution in [1.82, 2.24) is 0 Å². The highest BCUT2D eigenvalue weighted by Crippen LogP contribution is 2.10. The quantitative estimate of drug-likeness (QED) is 0.453. The molecule has 0 spiro atoms. The van der Waals surface area contributed by atoms with Crippen LogP contribution in [0.3, 0.4) is 0 Å². The van der Waals surface area contributed by atoms with Crippen molar-refractivity contribution in [2.45, 2.75) is 45.4 Å². The molecule has 0 bridgehead atoms. The summed E-state index contributed by atoms with van der Waals surface area (Å²) >= 11 is 0. The van der Waals surface area contributed by atoms with Gasteiger partial charge in [0.05, 0.1) is 0 Å². The van der Waals surface area contributed by atoms with Crippen LogP contribution in [0.5, 0.6) is 0 Å². The summed E-state index contributed by atoms with van der Waals surface area (Å²) in [5.74, 6) is 0. The molecule has 0 aromatic carbocycles. The summed E-state index contributed by atoms with van der Waals surface area (Å²) in [5.41, 5.74) is 1.14. The van der Waals surface area contributed by atoms with Crippen molar-refractivity contribution in [3.05, 3.63) is 5.21 Å². The molecular formula is C9H17NO. The lowest BCUT2D eigenvalue weighted by molar-refractivity contribution is -0.465. The number of hydrogen-bond donors (Lipinski definition) is 0. The van der Waals surface area contributed by atoms with Crippen LogP contribution in [0, 0.1) is 5.21 Å². The van der Waals surface area contributed by atoms with Crippen molar-refractivity contribution in [2.75, 3.05) is 6.54 Å². The molecule has 0 unspecified atom stereocenters. The summed E-state index contributed by atoms with van der Waals surface area (Å²) in [5, 5.41) is 11.2. The van der Waals surface area contributed by atoms with E-state index < -0.39 is 0 Å². The fraction of sp³-hybridized carbons (Fsp3) is 0.889. The Morgan fingerprint density at radius 2 is 2.27 bits per heavy atom. The van der Waals surface area contributed by atoms with Gasteiger partial charge in [0.25, 0.3) is 0 Å². The zero-order chi connectivity index (χ0) is 8.10. The van der Waals surface area contributed by atoms with Gasteiger partial charge in [0.1, 0.15) is 0 Å². The van der Waals surface area contributed by atoms with E-state index in [1.807, 2.05) is 0 Å². The first-order valence-electron chi connectivity index (χ1n) is 4.64. The van der Waals surface area contributed by atoms with E-state index in [4.69, 9.17) is 0 Å². The summed E-state index contributed by atoms with van der Waals surface area (Å²) in [6, 6.07) is 0. The fourth-order valence-electron chi connectivity index (χ4n) is 1.50. The Balaban J connectivity index is 2.39. The van der Waals surface area contributed by atoms with Crippen LogP contribution in [0.25, 0.3) is 0 Å². The highest BCUT2D eigenvalue weighted by molar-refractivity contribution is 5.80. The molecule has 0 aromatic rings. The van der Waals surface area contributed by atoms with Gasteiger partial charge in [0, 0.05) is 19.3 Å². The lowest BCUT2D eigenvalue weighted by Gasteiger charge is -2.15. The molecule has 0 saturated carbocycles. The Morgan fingerprint density at radius 3 is 2.91 bits per heavy atom. The minimum Gasteiger partial charge on any atom is -0.624 e. The Morgan fingerprint density at radius 1 is 1.45 bits per heavy atom. The van der Waals surface area contributed by atoms with E-state index in [9.17, 15) is 5.21 Å². The summed E-state index contributed by atoms with van der Waals surface area (Å²) in [7, 11) is 0. The number of rotatable bonds is 3. The normalized spacial score (nSPS) is 19.0. The molecule has 2 nitrogen and oxygen atoms in total. The summed E-state index contributed by atoms with van der Waals surface area (Å²) in [6.07, 6.45) is 6.74. The van der Waals surface area contributed by atoms with E-state index in [2.05, 4.69) is 6.92 Å². The molecule has 0 fully saturated rings. The number of hydroxylamine groups is 1. The molecule has 0 radical (unpaired) electrons. The highest BCUT2D eigenvalue weighted by Gasteiger charge is 2.13. The van der Waals surface area contributed by atoms with Gasteiger partial charge in [-0.3, -0.25) is 0 Å². The topological polar surface area (TPSA) is 26.1 Å². The molecule has 1 aliphatic rings. The van der Waals surface area contributed by atoms with Gasteiger partial charge in [-0.2, -0.15) is 0 Å². The minimum absolute atomic E-state index is 0.735. The van der Waals surface area contributed by atoms with Crippen LogP contribution in [-0.4, -0.2) is 17.0 Å². The Kier molecular flexibility index (Phi) is 3.40. The van der Waals surface area contributed by atoms with Gasteiger partial charge in [-0.15, -0.1) is 0 Å². The van der Waals surface area contributed by atoms with Gasteiger partial charge < -0.3 is 5.21 Å². The van der Waals surface area contributed by atoms with Gasteiger partial charge in [0.15, 0.2) is 12.3 Å². The molecular weight excluding hydrogens is 138 g/mol. The minimum atomic E-state index is 0.735. The lowest BCUT2D eigenvalue weighted by atomic mass is 10.0. The van der Waals surface area contributed by atoms with E-state index in [0.717, 1.165) is 31.5 Å². The van der Waals surface area contributed by atoms with Gasteiger partial charge in [-0.1, -0.05) is 13.3 Å². The van der Waals surface area contributed by atoms with E-state index in [0.29, 0.717) is 0 Å². The van der Waals surface area contributed by atoms with Crippen molar-refractivity contribution in [1.29, 1.82) is 0 Å². The Hall–Kier alpha value is -0.530. The van der Waals surface area contributed by atoms with Crippen LogP contribution in [0.4, 0.5) is 0 Å². The molecule has 0 aromatic heterocycles. The fourth-order valence-corrected chi connectivity index (χ4v) is 1.50. The molecule has 0 saturated heterocycles. The van der Waals surface area contributed by atoms with Gasteiger partial charge in [0.2, 0.25) is 0 Å². The second-order valence-electron chi connectivity index (χ2n) is 3.23. The molecule has 0 N–H and O–H groups in total. The maximum absolute atomic E-state index is 11.2. The van der Waals surface area contributed by atoms with Crippen molar-refractivity contribution in [2.24, 2.45) is 0 Å². The highest BCUT2D eigenvalue weighted by atomic mass is 16.5. The van der Waals surface area contributed by atoms with E-state index in [1.54, 1.807) is 0 Å². The average Bonchev–Trinajstić information content (AvgIpc) is 2.03. The van der Waals surface area contributed by atoms with Crippen molar-refractivity contribution < 1.29 is 4.74 Å². The maximum atomic E-state index is 11.2. The monoisotopic (exact) mass is 155 g/mol. The van der Waals surface area contributed by atoms with Gasteiger partial charge >= 0.3 is 0 Å². The zero-order valence-electron chi connectivity index (χ0n) is 7.31. The van der Waals surface area contributed by atoms with Crippen LogP contribution >= 0.6 is 0 Å². The first kappa shape index (κ1) is 8.57. The molecule has 2 heteroatoms. The van der Waals surface area contributed by atoms with Crippen molar-refractivity contribution in [3.8, 4) is 0 Å². The smallest absolute Gasteiger partial charge is 0.163 e. The molecule has 1 aliphatic heterocycles. The number of hydrogen-bond acceptors (Lipinski definition) is 1. The first-order valence-corrected chi connectivity index (χ1v) is 4.64. The SMILES string of the molecule is CCCCC1=[N+]([O-])CCCC1. The summed E-state index contributed by atoms with van der Waals surface area (Å²) < 4.78 is 1.21. The molecule has 0 aliphatic carbocycles. The van der Waals surface area contributed by atoms with Gasteiger partial charge in [-0.05, 0) is 12.8 Å². The third-order valence-electron chi connectivity index (χ3n) is 2.25. The molecule has 0 atom stereocenters. The predicted octanol–water partition coefficient (Wildman–Crippen LogP) is 2.31. The van der Waals surface area contributed by atoms with Crippen LogP contribution < -0.4 is 0 Å². The summed E-state index contributed by atoms with van der Waals surface area (Å²) in [4.78, 5) is 0. The maximum Gasteiger partial charge on any atom is 0.163 e. The zero-order valence-corrected chi connectivity index (χ0v) is 7.31. The van der Waals surface area contributed by atoms with Crippen LogP contribution in [0.2, 0.25) is 0 Å². The Bertz CT molecular complexity index is 152. The van der Waals surface area contributed by atoms with Crippen LogP contribution in [0.15, 0.2) is 0 Å². The molecule has 1 rings (SSSR count). The molecule has 11 heavy (non-hydrogen) atoms. The van der Waals surface area contributed by atoms with Crippen LogP contribution in [0.1, 0.15) is 45.4 Å². The summed E-state index contributed by atoms with van der Waals surface area (Å²) in [6.45, 7) is 2.90. The van der Waals surface area contributed by atoms with Crippen molar-refractivity contribution in [3.63, 3.8) is 0 Å². The van der Waals surface area contributed by atoms with Crippen LogP contribution in [-0.2, 0) is 0 Å². The molecule has 0 amide bonds. The Labute approximate surface area is 68.5 Å². The lowest BCUT2D eigenvalue weighted by Crippen LogP contribution is -2.21.